The molecule has 4 aromatic carbocycles. The second-order valence-electron chi connectivity index (χ2n) is 16.0. The van der Waals surface area contributed by atoms with E-state index in [-0.39, 0.29) is 21.7 Å². The van der Waals surface area contributed by atoms with E-state index in [2.05, 4.69) is 139 Å². The van der Waals surface area contributed by atoms with Gasteiger partial charge in [0.05, 0.1) is 5.69 Å². The molecule has 0 N–H and O–H groups in total. The van der Waals surface area contributed by atoms with Crippen LogP contribution in [0.1, 0.15) is 114 Å². The fourth-order valence-electron chi connectivity index (χ4n) is 8.21. The molecule has 3 aliphatic rings. The van der Waals surface area contributed by atoms with Gasteiger partial charge in [0.1, 0.15) is 0 Å². The van der Waals surface area contributed by atoms with Gasteiger partial charge in [0.2, 0.25) is 0 Å². The molecule has 1 heteroatoms. The molecule has 0 saturated carbocycles. The van der Waals surface area contributed by atoms with E-state index >= 15 is 0 Å². The first-order chi connectivity index (χ1) is 19.8. The first-order valence-corrected chi connectivity index (χ1v) is 16.1. The van der Waals surface area contributed by atoms with Crippen molar-refractivity contribution in [3.05, 3.63) is 112 Å². The highest BCUT2D eigenvalue weighted by Crippen LogP contribution is 2.53. The molecular formula is C41H47N. The van der Waals surface area contributed by atoms with Crippen LogP contribution in [0.2, 0.25) is 0 Å². The number of hydrogen-bond acceptors (Lipinski definition) is 1. The van der Waals surface area contributed by atoms with E-state index in [4.69, 9.17) is 0 Å². The summed E-state index contributed by atoms with van der Waals surface area (Å²) < 4.78 is 0. The lowest BCUT2D eigenvalue weighted by atomic mass is 9.63. The molecule has 0 heterocycles. The summed E-state index contributed by atoms with van der Waals surface area (Å²) in [4.78, 5) is 2.58. The lowest BCUT2D eigenvalue weighted by Gasteiger charge is -2.43. The van der Waals surface area contributed by atoms with Crippen molar-refractivity contribution in [2.24, 2.45) is 0 Å². The molecule has 7 rings (SSSR count). The van der Waals surface area contributed by atoms with Gasteiger partial charge in [0.15, 0.2) is 0 Å². The SMILES string of the molecule is CC1(C)CCC(C)(C)c2cc(N(c3ccc4c(c3)C(C)(C)CCC4(C)C)c3cccc4c3-c3ccccc3C4)ccc21. The minimum absolute atomic E-state index is 0.152. The summed E-state index contributed by atoms with van der Waals surface area (Å²) in [5.74, 6) is 0. The molecule has 216 valence electrons. The fraction of sp³-hybridized carbons (Fsp3) is 0.415. The largest absolute Gasteiger partial charge is 0.310 e. The maximum Gasteiger partial charge on any atom is 0.0543 e. The van der Waals surface area contributed by atoms with Crippen molar-refractivity contribution in [3.8, 4) is 11.1 Å². The molecule has 0 bridgehead atoms. The molecular weight excluding hydrogens is 506 g/mol. The van der Waals surface area contributed by atoms with E-state index in [9.17, 15) is 0 Å². The smallest absolute Gasteiger partial charge is 0.0543 e. The van der Waals surface area contributed by atoms with E-state index in [0.29, 0.717) is 0 Å². The Morgan fingerprint density at radius 2 is 0.952 bits per heavy atom. The van der Waals surface area contributed by atoms with E-state index in [1.807, 2.05) is 0 Å². The van der Waals surface area contributed by atoms with Crippen LogP contribution in [-0.2, 0) is 28.1 Å². The third-order valence-electron chi connectivity index (χ3n) is 11.2. The molecule has 0 aliphatic heterocycles. The minimum atomic E-state index is 0.152. The van der Waals surface area contributed by atoms with Crippen LogP contribution in [0.3, 0.4) is 0 Å². The van der Waals surface area contributed by atoms with Gasteiger partial charge in [-0.2, -0.15) is 0 Å². The molecule has 0 spiro atoms. The van der Waals surface area contributed by atoms with Crippen LogP contribution in [-0.4, -0.2) is 0 Å². The number of anilines is 3. The van der Waals surface area contributed by atoms with Crippen LogP contribution in [0.5, 0.6) is 0 Å². The van der Waals surface area contributed by atoms with Crippen molar-refractivity contribution in [2.75, 3.05) is 4.90 Å². The first kappa shape index (κ1) is 27.5. The number of nitrogens with zero attached hydrogens (tertiary/aromatic N) is 1. The molecule has 0 atom stereocenters. The molecule has 0 saturated heterocycles. The quantitative estimate of drug-likeness (QED) is 0.215. The monoisotopic (exact) mass is 553 g/mol. The summed E-state index contributed by atoms with van der Waals surface area (Å²) in [5, 5.41) is 0. The van der Waals surface area contributed by atoms with Crippen molar-refractivity contribution in [1.82, 2.24) is 0 Å². The summed E-state index contributed by atoms with van der Waals surface area (Å²) in [7, 11) is 0. The van der Waals surface area contributed by atoms with Gasteiger partial charge in [-0.15, -0.1) is 0 Å². The van der Waals surface area contributed by atoms with E-state index in [1.54, 1.807) is 0 Å². The highest BCUT2D eigenvalue weighted by molar-refractivity contribution is 5.93. The molecule has 4 aromatic rings. The van der Waals surface area contributed by atoms with Crippen LogP contribution in [0.4, 0.5) is 17.1 Å². The lowest BCUT2D eigenvalue weighted by Crippen LogP contribution is -2.34. The van der Waals surface area contributed by atoms with Gasteiger partial charge in [-0.25, -0.2) is 0 Å². The maximum atomic E-state index is 2.58. The molecule has 1 nitrogen and oxygen atoms in total. The van der Waals surface area contributed by atoms with Crippen molar-refractivity contribution in [2.45, 2.75) is 109 Å². The Morgan fingerprint density at radius 1 is 0.476 bits per heavy atom. The zero-order chi connectivity index (χ0) is 29.7. The van der Waals surface area contributed by atoms with Gasteiger partial charge in [-0.05, 0) is 123 Å². The Hall–Kier alpha value is -3.32. The predicted octanol–water partition coefficient (Wildman–Crippen LogP) is 11.4. The van der Waals surface area contributed by atoms with Gasteiger partial charge in [0.25, 0.3) is 0 Å². The van der Waals surface area contributed by atoms with Crippen LogP contribution < -0.4 is 4.90 Å². The van der Waals surface area contributed by atoms with Gasteiger partial charge >= 0.3 is 0 Å². The second kappa shape index (κ2) is 9.09. The minimum Gasteiger partial charge on any atom is -0.310 e. The Bertz CT molecular complexity index is 1630. The fourth-order valence-corrected chi connectivity index (χ4v) is 8.21. The van der Waals surface area contributed by atoms with Crippen molar-refractivity contribution in [3.63, 3.8) is 0 Å². The highest BCUT2D eigenvalue weighted by Gasteiger charge is 2.39. The lowest BCUT2D eigenvalue weighted by molar-refractivity contribution is 0.332. The Labute approximate surface area is 254 Å². The zero-order valence-electron chi connectivity index (χ0n) is 27.0. The number of rotatable bonds is 3. The Morgan fingerprint density at radius 3 is 1.50 bits per heavy atom. The molecule has 0 aromatic heterocycles. The summed E-state index contributed by atoms with van der Waals surface area (Å²) in [5.41, 5.74) is 16.2. The second-order valence-corrected chi connectivity index (χ2v) is 16.0. The van der Waals surface area contributed by atoms with Crippen molar-refractivity contribution < 1.29 is 0 Å². The molecule has 0 radical (unpaired) electrons. The summed E-state index contributed by atoms with van der Waals surface area (Å²) >= 11 is 0. The van der Waals surface area contributed by atoms with Crippen molar-refractivity contribution >= 4 is 17.1 Å². The normalized spacial score (nSPS) is 20.2. The number of benzene rings is 4. The summed E-state index contributed by atoms with van der Waals surface area (Å²) in [6, 6.07) is 30.7. The number of hydrogen-bond donors (Lipinski definition) is 0. The van der Waals surface area contributed by atoms with Gasteiger partial charge in [-0.1, -0.05) is 104 Å². The van der Waals surface area contributed by atoms with E-state index in [1.165, 1.54) is 87.3 Å². The predicted molar refractivity (Wildman–Crippen MR) is 180 cm³/mol. The summed E-state index contributed by atoms with van der Waals surface area (Å²) in [6.07, 6.45) is 5.90. The van der Waals surface area contributed by atoms with Crippen LogP contribution >= 0.6 is 0 Å². The van der Waals surface area contributed by atoms with E-state index in [0.717, 1.165) is 6.42 Å². The Balaban J connectivity index is 1.50. The molecule has 3 aliphatic carbocycles. The van der Waals surface area contributed by atoms with Crippen LogP contribution in [0.15, 0.2) is 78.9 Å². The van der Waals surface area contributed by atoms with Gasteiger partial charge < -0.3 is 4.90 Å². The third kappa shape index (κ3) is 4.18. The van der Waals surface area contributed by atoms with Gasteiger partial charge in [0, 0.05) is 16.9 Å². The zero-order valence-corrected chi connectivity index (χ0v) is 27.0. The molecule has 0 amide bonds. The summed E-state index contributed by atoms with van der Waals surface area (Å²) in [6.45, 7) is 19.5. The number of fused-ring (bicyclic) bond motifs is 5. The highest BCUT2D eigenvalue weighted by atomic mass is 15.1. The van der Waals surface area contributed by atoms with Gasteiger partial charge in [-0.3, -0.25) is 0 Å². The third-order valence-corrected chi connectivity index (χ3v) is 11.2. The Kier molecular flexibility index (Phi) is 5.95. The van der Waals surface area contributed by atoms with Crippen LogP contribution in [0.25, 0.3) is 11.1 Å². The van der Waals surface area contributed by atoms with Crippen LogP contribution in [0, 0.1) is 0 Å². The average Bonchev–Trinajstić information content (AvgIpc) is 3.34. The average molecular weight is 554 g/mol. The molecule has 42 heavy (non-hydrogen) atoms. The topological polar surface area (TPSA) is 3.24 Å². The molecule has 0 unspecified atom stereocenters. The van der Waals surface area contributed by atoms with Crippen molar-refractivity contribution in [1.29, 1.82) is 0 Å². The molecule has 0 fully saturated rings. The van der Waals surface area contributed by atoms with E-state index < -0.39 is 0 Å². The standard InChI is InChI=1S/C41H47N/c1-38(2)20-22-40(5,6)34-25-29(16-18-32(34)38)42(30-17-19-33-35(26-30)41(7,8)23-21-39(33,3)4)36-15-11-13-28-24-27-12-9-10-14-31(27)37(28)36/h9-19,25-26H,20-24H2,1-8H3. The maximum absolute atomic E-state index is 2.58. The first-order valence-electron chi connectivity index (χ1n) is 16.1.